The third-order valence-corrected chi connectivity index (χ3v) is 5.69. The van der Waals surface area contributed by atoms with Crippen LogP contribution in [0.2, 0.25) is 0 Å². The molecule has 1 saturated carbocycles. The molecule has 0 spiro atoms. The molecule has 0 radical (unpaired) electrons. The lowest BCUT2D eigenvalue weighted by Gasteiger charge is -2.21. The second-order valence-corrected chi connectivity index (χ2v) is 7.76. The number of ether oxygens (including phenoxy) is 1. The van der Waals surface area contributed by atoms with Gasteiger partial charge in [0.15, 0.2) is 5.16 Å². The summed E-state index contributed by atoms with van der Waals surface area (Å²) in [5, 5.41) is 12.1. The number of halogens is 2. The lowest BCUT2D eigenvalue weighted by Crippen LogP contribution is -2.15. The summed E-state index contributed by atoms with van der Waals surface area (Å²) in [6, 6.07) is 5.79. The van der Waals surface area contributed by atoms with Crippen LogP contribution in [0.5, 0.6) is 5.75 Å². The van der Waals surface area contributed by atoms with Crippen LogP contribution < -0.4 is 10.1 Å². The Hall–Kier alpha value is -2.42. The highest BCUT2D eigenvalue weighted by atomic mass is 32.2. The van der Waals surface area contributed by atoms with E-state index in [-0.39, 0.29) is 17.4 Å². The number of anilines is 1. The van der Waals surface area contributed by atoms with Crippen molar-refractivity contribution in [1.82, 2.24) is 14.8 Å². The van der Waals surface area contributed by atoms with E-state index in [1.807, 2.05) is 10.6 Å². The van der Waals surface area contributed by atoms with Crippen LogP contribution in [0.3, 0.4) is 0 Å². The number of hydrogen-bond donors (Lipinski definition) is 1. The van der Waals surface area contributed by atoms with Gasteiger partial charge in [0.1, 0.15) is 11.6 Å². The Morgan fingerprint density at radius 3 is 2.66 bits per heavy atom. The Balaban J connectivity index is 1.58. The van der Waals surface area contributed by atoms with Gasteiger partial charge in [-0.3, -0.25) is 4.79 Å². The van der Waals surface area contributed by atoms with E-state index in [4.69, 9.17) is 0 Å². The first-order valence-electron chi connectivity index (χ1n) is 9.58. The summed E-state index contributed by atoms with van der Waals surface area (Å²) in [6.45, 7) is 1.55. The molecule has 9 heteroatoms. The van der Waals surface area contributed by atoms with E-state index in [2.05, 4.69) is 26.8 Å². The number of nitrogens with one attached hydrogen (secondary N) is 1. The van der Waals surface area contributed by atoms with E-state index in [9.17, 15) is 13.6 Å². The second-order valence-electron chi connectivity index (χ2n) is 6.81. The van der Waals surface area contributed by atoms with E-state index >= 15 is 0 Å². The molecule has 6 nitrogen and oxygen atoms in total. The highest BCUT2D eigenvalue weighted by Gasteiger charge is 2.23. The number of alkyl halides is 2. The van der Waals surface area contributed by atoms with E-state index in [0.717, 1.165) is 18.7 Å². The maximum atomic E-state index is 12.3. The number of hydrogen-bond acceptors (Lipinski definition) is 5. The van der Waals surface area contributed by atoms with E-state index in [1.165, 1.54) is 55.3 Å². The third kappa shape index (κ3) is 6.03. The minimum absolute atomic E-state index is 0.0418. The highest BCUT2D eigenvalue weighted by molar-refractivity contribution is 7.99. The minimum Gasteiger partial charge on any atom is -0.435 e. The summed E-state index contributed by atoms with van der Waals surface area (Å²) < 4.78 is 30.7. The molecule has 0 saturated heterocycles. The molecule has 3 rings (SSSR count). The number of amides is 1. The number of nitrogens with zero attached hydrogens (tertiary/aromatic N) is 3. The zero-order chi connectivity index (χ0) is 20.6. The maximum absolute atomic E-state index is 12.3. The number of aromatic nitrogens is 3. The molecule has 1 heterocycles. The average molecular weight is 423 g/mol. The van der Waals surface area contributed by atoms with Gasteiger partial charge < -0.3 is 14.6 Å². The van der Waals surface area contributed by atoms with Gasteiger partial charge in [-0.15, -0.1) is 16.8 Å². The molecule has 0 unspecified atom stereocenters. The summed E-state index contributed by atoms with van der Waals surface area (Å²) in [4.78, 5) is 12.3. The molecule has 1 fully saturated rings. The van der Waals surface area contributed by atoms with E-state index < -0.39 is 6.61 Å². The first kappa shape index (κ1) is 21.3. The molecular formula is C20H24F2N4O2S. The first-order valence-corrected chi connectivity index (χ1v) is 10.6. The third-order valence-electron chi connectivity index (χ3n) is 4.72. The van der Waals surface area contributed by atoms with Crippen molar-refractivity contribution in [3.05, 3.63) is 42.7 Å². The van der Waals surface area contributed by atoms with Crippen LogP contribution in [0.15, 0.2) is 42.1 Å². The first-order chi connectivity index (χ1) is 14.1. The summed E-state index contributed by atoms with van der Waals surface area (Å²) >= 11 is 1.32. The number of thioether (sulfide) groups is 1. The number of benzene rings is 1. The number of carbonyl (C=O) groups is 1. The van der Waals surface area contributed by atoms with Crippen molar-refractivity contribution in [3.63, 3.8) is 0 Å². The largest absolute Gasteiger partial charge is 0.435 e. The van der Waals surface area contributed by atoms with Crippen molar-refractivity contribution in [2.24, 2.45) is 0 Å². The molecule has 1 amide bonds. The molecule has 1 aliphatic carbocycles. The summed E-state index contributed by atoms with van der Waals surface area (Å²) in [5.74, 6) is 1.37. The lowest BCUT2D eigenvalue weighted by molar-refractivity contribution is -0.113. The van der Waals surface area contributed by atoms with Crippen LogP contribution in [0.1, 0.15) is 43.8 Å². The van der Waals surface area contributed by atoms with Crippen molar-refractivity contribution in [3.8, 4) is 5.75 Å². The van der Waals surface area contributed by atoms with Gasteiger partial charge in [-0.25, -0.2) is 0 Å². The van der Waals surface area contributed by atoms with Crippen LogP contribution in [0.4, 0.5) is 14.5 Å². The van der Waals surface area contributed by atoms with Gasteiger partial charge in [0.25, 0.3) is 0 Å². The van der Waals surface area contributed by atoms with Crippen LogP contribution in [0.25, 0.3) is 0 Å². The van der Waals surface area contributed by atoms with Gasteiger partial charge in [-0.1, -0.05) is 37.1 Å². The topological polar surface area (TPSA) is 69.0 Å². The van der Waals surface area contributed by atoms with Gasteiger partial charge in [0.05, 0.1) is 5.75 Å². The molecule has 29 heavy (non-hydrogen) atoms. The molecule has 0 aliphatic heterocycles. The standard InChI is InChI=1S/C20H24F2N4O2S/c1-2-12-26-18(14-6-4-3-5-7-14)24-25-20(26)29-13-17(27)23-15-8-10-16(11-9-15)28-19(21)22/h2,8-11,14,19H,1,3-7,12-13H2,(H,23,27). The predicted molar refractivity (Wildman–Crippen MR) is 108 cm³/mol. The number of rotatable bonds is 9. The molecule has 1 aromatic carbocycles. The van der Waals surface area contributed by atoms with Gasteiger partial charge in [0, 0.05) is 18.2 Å². The van der Waals surface area contributed by atoms with Crippen LogP contribution in [-0.4, -0.2) is 33.0 Å². The molecule has 156 valence electrons. The van der Waals surface area contributed by atoms with Gasteiger partial charge in [0.2, 0.25) is 5.91 Å². The molecule has 1 N–H and O–H groups in total. The fourth-order valence-corrected chi connectivity index (χ4v) is 4.17. The highest BCUT2D eigenvalue weighted by Crippen LogP contribution is 2.33. The minimum atomic E-state index is -2.88. The van der Waals surface area contributed by atoms with Gasteiger partial charge in [-0.05, 0) is 37.1 Å². The van der Waals surface area contributed by atoms with E-state index in [1.54, 1.807) is 0 Å². The maximum Gasteiger partial charge on any atom is 0.387 e. The van der Waals surface area contributed by atoms with Crippen LogP contribution >= 0.6 is 11.8 Å². The van der Waals surface area contributed by atoms with E-state index in [0.29, 0.717) is 23.3 Å². The van der Waals surface area contributed by atoms with Crippen molar-refractivity contribution in [1.29, 1.82) is 0 Å². The Labute approximate surface area is 172 Å². The predicted octanol–water partition coefficient (Wildman–Crippen LogP) is 4.84. The Kier molecular flexibility index (Phi) is 7.62. The summed E-state index contributed by atoms with van der Waals surface area (Å²) in [7, 11) is 0. The molecular weight excluding hydrogens is 398 g/mol. The summed E-state index contributed by atoms with van der Waals surface area (Å²) in [6.07, 6.45) is 7.72. The Bertz CT molecular complexity index is 820. The SMILES string of the molecule is C=CCn1c(SCC(=O)Nc2ccc(OC(F)F)cc2)nnc1C1CCCCC1. The number of carbonyl (C=O) groups excluding carboxylic acids is 1. The molecule has 2 aromatic rings. The molecule has 1 aliphatic rings. The van der Waals surface area contributed by atoms with Gasteiger partial charge >= 0.3 is 6.61 Å². The van der Waals surface area contributed by atoms with Crippen molar-refractivity contribution in [2.45, 2.75) is 56.3 Å². The van der Waals surface area contributed by atoms with Crippen molar-refractivity contribution >= 4 is 23.4 Å². The Morgan fingerprint density at radius 2 is 2.00 bits per heavy atom. The van der Waals surface area contributed by atoms with Crippen molar-refractivity contribution < 1.29 is 18.3 Å². The summed E-state index contributed by atoms with van der Waals surface area (Å²) in [5.41, 5.74) is 0.507. The second kappa shape index (κ2) is 10.4. The zero-order valence-electron chi connectivity index (χ0n) is 16.0. The fraction of sp³-hybridized carbons (Fsp3) is 0.450. The number of allylic oxidation sites excluding steroid dienone is 1. The van der Waals surface area contributed by atoms with Crippen LogP contribution in [0, 0.1) is 0 Å². The van der Waals surface area contributed by atoms with Crippen LogP contribution in [-0.2, 0) is 11.3 Å². The fourth-order valence-electron chi connectivity index (χ4n) is 3.42. The quantitative estimate of drug-likeness (QED) is 0.462. The lowest BCUT2D eigenvalue weighted by atomic mass is 9.89. The average Bonchev–Trinajstić information content (AvgIpc) is 3.11. The normalized spacial score (nSPS) is 14.7. The monoisotopic (exact) mass is 422 g/mol. The van der Waals surface area contributed by atoms with Crippen molar-refractivity contribution in [2.75, 3.05) is 11.1 Å². The molecule has 0 atom stereocenters. The smallest absolute Gasteiger partial charge is 0.387 e. The molecule has 0 bridgehead atoms. The Morgan fingerprint density at radius 1 is 1.28 bits per heavy atom. The molecule has 1 aromatic heterocycles. The van der Waals surface area contributed by atoms with Gasteiger partial charge in [-0.2, -0.15) is 8.78 Å². The zero-order valence-corrected chi connectivity index (χ0v) is 16.8.